The zero-order chi connectivity index (χ0) is 24.5. The van der Waals surface area contributed by atoms with Crippen LogP contribution in [0.1, 0.15) is 93.9 Å². The molecule has 1 heterocycles. The van der Waals surface area contributed by atoms with Crippen molar-refractivity contribution in [1.82, 2.24) is 0 Å². The van der Waals surface area contributed by atoms with E-state index in [1.54, 1.807) is 0 Å². The lowest BCUT2D eigenvalue weighted by Gasteiger charge is -2.36. The predicted molar refractivity (Wildman–Crippen MR) is 129 cm³/mol. The fraction of sp³-hybridized carbons (Fsp3) is 0.852. The number of carbonyl (C=O) groups is 2. The number of hydrogen-bond acceptors (Lipinski definition) is 5. The van der Waals surface area contributed by atoms with Crippen molar-refractivity contribution in [3.63, 3.8) is 0 Å². The van der Waals surface area contributed by atoms with Gasteiger partial charge in [-0.3, -0.25) is 9.59 Å². The fourth-order valence-corrected chi connectivity index (χ4v) is 4.99. The van der Waals surface area contributed by atoms with Gasteiger partial charge in [-0.25, -0.2) is 0 Å². The topological polar surface area (TPSA) is 72.8 Å². The molecule has 5 nitrogen and oxygen atoms in total. The molecule has 0 spiro atoms. The van der Waals surface area contributed by atoms with Crippen molar-refractivity contribution in [1.29, 1.82) is 0 Å². The Morgan fingerprint density at radius 1 is 1.06 bits per heavy atom. The van der Waals surface area contributed by atoms with Crippen LogP contribution < -0.4 is 0 Å². The maximum atomic E-state index is 12.5. The van der Waals surface area contributed by atoms with Crippen LogP contribution in [0.25, 0.3) is 0 Å². The summed E-state index contributed by atoms with van der Waals surface area (Å²) in [5, 5.41) is 10.1. The smallest absolute Gasteiger partial charge is 0.310 e. The summed E-state index contributed by atoms with van der Waals surface area (Å²) < 4.78 is 11.1. The highest BCUT2D eigenvalue weighted by Gasteiger charge is 2.41. The summed E-state index contributed by atoms with van der Waals surface area (Å²) in [5.41, 5.74) is -0.195. The van der Waals surface area contributed by atoms with Crippen LogP contribution in [0.4, 0.5) is 0 Å². The normalized spacial score (nSPS) is 21.0. The standard InChI is InChI=1S/C27H48O5/c1-18(2)11-22(12-19(3)4)9-10-23-13-26(30)32-27(15-23,16-28)17-31-25(29)14-24(20(5)6)21(7)8/h10,18-22,24,28H,9,11-17H2,1-8H3/b23-10+. The first-order valence-corrected chi connectivity index (χ1v) is 12.5. The van der Waals surface area contributed by atoms with Gasteiger partial charge in [-0.1, -0.05) is 67.0 Å². The number of aliphatic hydroxyl groups is 1. The highest BCUT2D eigenvalue weighted by atomic mass is 16.6. The van der Waals surface area contributed by atoms with E-state index >= 15 is 0 Å². The molecule has 0 bridgehead atoms. The molecule has 0 aromatic carbocycles. The van der Waals surface area contributed by atoms with Gasteiger partial charge in [-0.2, -0.15) is 0 Å². The first kappa shape index (κ1) is 28.7. The summed E-state index contributed by atoms with van der Waals surface area (Å²) in [5.74, 6) is 2.16. The molecule has 186 valence electrons. The third-order valence-corrected chi connectivity index (χ3v) is 6.50. The van der Waals surface area contributed by atoms with Crippen LogP contribution >= 0.6 is 0 Å². The number of rotatable bonds is 13. The van der Waals surface area contributed by atoms with E-state index in [9.17, 15) is 14.7 Å². The molecule has 1 atom stereocenters. The van der Waals surface area contributed by atoms with Gasteiger partial charge in [0.15, 0.2) is 5.60 Å². The van der Waals surface area contributed by atoms with Crippen LogP contribution in [-0.4, -0.2) is 35.9 Å². The first-order valence-electron chi connectivity index (χ1n) is 12.5. The van der Waals surface area contributed by atoms with E-state index in [0.717, 1.165) is 24.8 Å². The van der Waals surface area contributed by atoms with E-state index in [1.165, 1.54) is 0 Å². The van der Waals surface area contributed by atoms with Gasteiger partial charge in [-0.15, -0.1) is 0 Å². The van der Waals surface area contributed by atoms with E-state index < -0.39 is 5.60 Å². The van der Waals surface area contributed by atoms with Crippen LogP contribution in [0.5, 0.6) is 0 Å². The minimum Gasteiger partial charge on any atom is -0.461 e. The number of carbonyl (C=O) groups excluding carboxylic acids is 2. The summed E-state index contributed by atoms with van der Waals surface area (Å²) in [4.78, 5) is 24.8. The second kappa shape index (κ2) is 13.4. The molecule has 0 aromatic heterocycles. The zero-order valence-electron chi connectivity index (χ0n) is 21.8. The molecule has 1 fully saturated rings. The number of aliphatic hydroxyl groups excluding tert-OH is 1. The SMILES string of the molecule is CC(C)CC(C/C=C1\CC(=O)OC(CO)(COC(=O)CC(C(C)C)C(C)C)C1)CC(C)C. The lowest BCUT2D eigenvalue weighted by atomic mass is 9.83. The molecule has 0 amide bonds. The first-order chi connectivity index (χ1) is 14.9. The molecule has 1 saturated heterocycles. The summed E-state index contributed by atoms with van der Waals surface area (Å²) in [6.07, 6.45) is 6.38. The Labute approximate surface area is 196 Å². The van der Waals surface area contributed by atoms with Gasteiger partial charge >= 0.3 is 11.9 Å². The molecule has 1 aliphatic rings. The van der Waals surface area contributed by atoms with Crippen molar-refractivity contribution in [3.8, 4) is 0 Å². The average molecular weight is 453 g/mol. The third-order valence-electron chi connectivity index (χ3n) is 6.50. The van der Waals surface area contributed by atoms with Gasteiger partial charge in [0.1, 0.15) is 6.61 Å². The molecule has 1 unspecified atom stereocenters. The Kier molecular flexibility index (Phi) is 12.0. The molecule has 0 saturated carbocycles. The van der Waals surface area contributed by atoms with E-state index in [1.807, 2.05) is 0 Å². The van der Waals surface area contributed by atoms with Crippen molar-refractivity contribution in [2.45, 2.75) is 99.5 Å². The Morgan fingerprint density at radius 2 is 1.62 bits per heavy atom. The van der Waals surface area contributed by atoms with Crippen LogP contribution in [0, 0.1) is 35.5 Å². The Bertz CT molecular complexity index is 602. The summed E-state index contributed by atoms with van der Waals surface area (Å²) in [6, 6.07) is 0. The van der Waals surface area contributed by atoms with Gasteiger partial charge in [0.2, 0.25) is 0 Å². The summed E-state index contributed by atoms with van der Waals surface area (Å²) in [7, 11) is 0. The van der Waals surface area contributed by atoms with Crippen molar-refractivity contribution in [3.05, 3.63) is 11.6 Å². The van der Waals surface area contributed by atoms with Gasteiger partial charge < -0.3 is 14.6 Å². The minimum atomic E-state index is -1.17. The van der Waals surface area contributed by atoms with Crippen molar-refractivity contribution in [2.24, 2.45) is 35.5 Å². The van der Waals surface area contributed by atoms with Crippen LogP contribution in [0.3, 0.4) is 0 Å². The molecular weight excluding hydrogens is 404 g/mol. The second-order valence-corrected chi connectivity index (χ2v) is 11.4. The van der Waals surface area contributed by atoms with Gasteiger partial charge in [0.05, 0.1) is 13.0 Å². The highest BCUT2D eigenvalue weighted by molar-refractivity contribution is 5.74. The maximum Gasteiger partial charge on any atom is 0.310 e. The molecule has 1 rings (SSSR count). The third kappa shape index (κ3) is 10.1. The van der Waals surface area contributed by atoms with Gasteiger partial charge in [0, 0.05) is 12.8 Å². The van der Waals surface area contributed by atoms with Gasteiger partial charge in [-0.05, 0) is 54.8 Å². The number of allylic oxidation sites excluding steroid dienone is 1. The van der Waals surface area contributed by atoms with Crippen LogP contribution in [0.15, 0.2) is 11.6 Å². The molecular formula is C27H48O5. The molecule has 0 aliphatic carbocycles. The summed E-state index contributed by atoms with van der Waals surface area (Å²) in [6.45, 7) is 17.0. The molecule has 0 radical (unpaired) electrons. The molecule has 5 heteroatoms. The van der Waals surface area contributed by atoms with Crippen molar-refractivity contribution in [2.75, 3.05) is 13.2 Å². The number of esters is 2. The Hall–Kier alpha value is -1.36. The number of ether oxygens (including phenoxy) is 2. The lowest BCUT2D eigenvalue weighted by molar-refractivity contribution is -0.182. The zero-order valence-corrected chi connectivity index (χ0v) is 21.8. The van der Waals surface area contributed by atoms with E-state index in [0.29, 0.717) is 42.4 Å². The van der Waals surface area contributed by atoms with Crippen LogP contribution in [0.2, 0.25) is 0 Å². The molecule has 1 aliphatic heterocycles. The van der Waals surface area contributed by atoms with Crippen molar-refractivity contribution < 1.29 is 24.2 Å². The van der Waals surface area contributed by atoms with E-state index in [4.69, 9.17) is 9.47 Å². The second-order valence-electron chi connectivity index (χ2n) is 11.4. The summed E-state index contributed by atoms with van der Waals surface area (Å²) >= 11 is 0. The maximum absolute atomic E-state index is 12.5. The van der Waals surface area contributed by atoms with E-state index in [-0.39, 0.29) is 37.5 Å². The Balaban J connectivity index is 2.82. The fourth-order valence-electron chi connectivity index (χ4n) is 4.99. The van der Waals surface area contributed by atoms with E-state index in [2.05, 4.69) is 61.5 Å². The Morgan fingerprint density at radius 3 is 2.09 bits per heavy atom. The quantitative estimate of drug-likeness (QED) is 0.276. The number of cyclic esters (lactones) is 1. The van der Waals surface area contributed by atoms with Crippen LogP contribution in [-0.2, 0) is 19.1 Å². The number of hydrogen-bond donors (Lipinski definition) is 1. The minimum absolute atomic E-state index is 0.101. The monoisotopic (exact) mass is 452 g/mol. The molecule has 32 heavy (non-hydrogen) atoms. The predicted octanol–water partition coefficient (Wildman–Crippen LogP) is 5.94. The highest BCUT2D eigenvalue weighted by Crippen LogP contribution is 2.33. The average Bonchev–Trinajstić information content (AvgIpc) is 2.67. The largest absolute Gasteiger partial charge is 0.461 e. The van der Waals surface area contributed by atoms with Crippen molar-refractivity contribution >= 4 is 11.9 Å². The molecule has 0 aromatic rings. The van der Waals surface area contributed by atoms with Gasteiger partial charge in [0.25, 0.3) is 0 Å². The molecule has 1 N–H and O–H groups in total. The lowest BCUT2D eigenvalue weighted by Crippen LogP contribution is -2.47.